The quantitative estimate of drug-likeness (QED) is 0.860. The third-order valence-corrected chi connectivity index (χ3v) is 4.62. The van der Waals surface area contributed by atoms with Crippen LogP contribution >= 0.6 is 23.8 Å². The number of hydrogen-bond donors (Lipinski definition) is 1. The largest absolute Gasteiger partial charge is 0.360 e. The molecule has 1 saturated heterocycles. The number of thiocarbonyl (C=S) groups is 1. The van der Waals surface area contributed by atoms with Crippen molar-refractivity contribution in [2.45, 2.75) is 25.4 Å². The Morgan fingerprint density at radius 1 is 1.29 bits per heavy atom. The van der Waals surface area contributed by atoms with E-state index in [1.807, 2.05) is 0 Å². The van der Waals surface area contributed by atoms with Gasteiger partial charge in [0.25, 0.3) is 0 Å². The lowest BCUT2D eigenvalue weighted by Crippen LogP contribution is -2.51. The Bertz CT molecular complexity index is 528. The van der Waals surface area contributed by atoms with Gasteiger partial charge in [-0.25, -0.2) is 4.39 Å². The van der Waals surface area contributed by atoms with Gasteiger partial charge in [0.05, 0.1) is 5.02 Å². The van der Waals surface area contributed by atoms with E-state index in [4.69, 9.17) is 23.8 Å². The van der Waals surface area contributed by atoms with Crippen molar-refractivity contribution in [3.8, 4) is 0 Å². The van der Waals surface area contributed by atoms with E-state index < -0.39 is 0 Å². The summed E-state index contributed by atoms with van der Waals surface area (Å²) in [5.41, 5.74) is 1.05. The fourth-order valence-corrected chi connectivity index (χ4v) is 3.05. The molecule has 0 aromatic heterocycles. The van der Waals surface area contributed by atoms with Crippen molar-refractivity contribution >= 4 is 28.9 Å². The van der Waals surface area contributed by atoms with E-state index in [0.29, 0.717) is 6.04 Å². The Labute approximate surface area is 135 Å². The predicted molar refractivity (Wildman–Crippen MR) is 87.0 cm³/mol. The maximum Gasteiger partial charge on any atom is 0.169 e. The van der Waals surface area contributed by atoms with Crippen LogP contribution in [0.15, 0.2) is 18.2 Å². The molecule has 1 aromatic carbocycles. The third-order valence-electron chi connectivity index (χ3n) is 3.95. The van der Waals surface area contributed by atoms with Crippen molar-refractivity contribution in [1.29, 1.82) is 0 Å². The van der Waals surface area contributed by atoms with Crippen molar-refractivity contribution in [2.75, 3.05) is 26.2 Å². The molecule has 1 heterocycles. The van der Waals surface area contributed by atoms with Crippen molar-refractivity contribution < 1.29 is 4.39 Å². The molecule has 0 radical (unpaired) electrons. The van der Waals surface area contributed by atoms with Gasteiger partial charge in [-0.05, 0) is 42.8 Å². The molecule has 1 aliphatic heterocycles. The maximum atomic E-state index is 13.2. The van der Waals surface area contributed by atoms with Crippen LogP contribution in [0.3, 0.4) is 0 Å². The van der Waals surface area contributed by atoms with Crippen molar-refractivity contribution in [1.82, 2.24) is 15.1 Å². The molecular formula is C15H19ClFN3S. The second kappa shape index (κ2) is 6.46. The number of benzene rings is 1. The molecule has 0 bridgehead atoms. The molecular weight excluding hydrogens is 309 g/mol. The highest BCUT2D eigenvalue weighted by Crippen LogP contribution is 2.20. The van der Waals surface area contributed by atoms with Gasteiger partial charge in [-0.3, -0.25) is 4.90 Å². The van der Waals surface area contributed by atoms with E-state index in [1.54, 1.807) is 12.1 Å². The highest BCUT2D eigenvalue weighted by atomic mass is 35.5. The van der Waals surface area contributed by atoms with Gasteiger partial charge in [0.2, 0.25) is 0 Å². The summed E-state index contributed by atoms with van der Waals surface area (Å²) in [6.07, 6.45) is 2.48. The van der Waals surface area contributed by atoms with Crippen molar-refractivity contribution in [3.05, 3.63) is 34.6 Å². The second-order valence-electron chi connectivity index (χ2n) is 5.74. The SMILES string of the molecule is Fc1ccc(CN2CCN(C(=S)NC3CC3)CC2)cc1Cl. The number of nitrogens with one attached hydrogen (secondary N) is 1. The average molecular weight is 328 g/mol. The minimum atomic E-state index is -0.360. The smallest absolute Gasteiger partial charge is 0.169 e. The van der Waals surface area contributed by atoms with Gasteiger partial charge in [-0.1, -0.05) is 17.7 Å². The first kappa shape index (κ1) is 15.0. The highest BCUT2D eigenvalue weighted by Gasteiger charge is 2.25. The molecule has 0 atom stereocenters. The van der Waals surface area contributed by atoms with Crippen LogP contribution in [0, 0.1) is 5.82 Å². The van der Waals surface area contributed by atoms with Crippen molar-refractivity contribution in [2.24, 2.45) is 0 Å². The van der Waals surface area contributed by atoms with E-state index in [-0.39, 0.29) is 10.8 Å². The Hall–Kier alpha value is -0.910. The zero-order chi connectivity index (χ0) is 14.8. The van der Waals surface area contributed by atoms with Crippen LogP contribution in [0.2, 0.25) is 5.02 Å². The standard InChI is InChI=1S/C15H19ClFN3S/c16-13-9-11(1-4-14(13)17)10-19-5-7-20(8-6-19)15(21)18-12-2-3-12/h1,4,9,12H,2-3,5-8,10H2,(H,18,21). The first-order valence-corrected chi connectivity index (χ1v) is 8.12. The van der Waals surface area contributed by atoms with E-state index in [9.17, 15) is 4.39 Å². The summed E-state index contributed by atoms with van der Waals surface area (Å²) in [5.74, 6) is -0.360. The molecule has 2 aliphatic rings. The molecule has 3 nitrogen and oxygen atoms in total. The molecule has 114 valence electrons. The minimum absolute atomic E-state index is 0.195. The molecule has 1 saturated carbocycles. The number of nitrogens with zero attached hydrogens (tertiary/aromatic N) is 2. The number of rotatable bonds is 3. The van der Waals surface area contributed by atoms with Gasteiger partial charge in [0.1, 0.15) is 5.82 Å². The summed E-state index contributed by atoms with van der Waals surface area (Å²) < 4.78 is 13.2. The lowest BCUT2D eigenvalue weighted by molar-refractivity contribution is 0.174. The second-order valence-corrected chi connectivity index (χ2v) is 6.53. The fraction of sp³-hybridized carbons (Fsp3) is 0.533. The molecule has 6 heteroatoms. The van der Waals surface area contributed by atoms with Crippen LogP contribution in [-0.2, 0) is 6.54 Å². The lowest BCUT2D eigenvalue weighted by atomic mass is 10.2. The fourth-order valence-electron chi connectivity index (χ4n) is 2.50. The predicted octanol–water partition coefficient (Wildman–Crippen LogP) is 2.63. The Balaban J connectivity index is 1.48. The normalized spacial score (nSPS) is 19.6. The van der Waals surface area contributed by atoms with Gasteiger partial charge in [0, 0.05) is 38.8 Å². The summed E-state index contributed by atoms with van der Waals surface area (Å²) >= 11 is 11.3. The van der Waals surface area contributed by atoms with Crippen molar-refractivity contribution in [3.63, 3.8) is 0 Å². The summed E-state index contributed by atoms with van der Waals surface area (Å²) in [5, 5.41) is 4.47. The number of hydrogen-bond acceptors (Lipinski definition) is 2. The molecule has 3 rings (SSSR count). The molecule has 1 N–H and O–H groups in total. The average Bonchev–Trinajstić information content (AvgIpc) is 3.28. The zero-order valence-electron chi connectivity index (χ0n) is 11.8. The molecule has 0 amide bonds. The van der Waals surface area contributed by atoms with E-state index >= 15 is 0 Å². The molecule has 0 spiro atoms. The van der Waals surface area contributed by atoms with Gasteiger partial charge in [-0.2, -0.15) is 0 Å². The van der Waals surface area contributed by atoms with E-state index in [0.717, 1.165) is 43.4 Å². The van der Waals surface area contributed by atoms with Gasteiger partial charge >= 0.3 is 0 Å². The summed E-state index contributed by atoms with van der Waals surface area (Å²) in [6, 6.07) is 5.55. The monoisotopic (exact) mass is 327 g/mol. The molecule has 2 fully saturated rings. The summed E-state index contributed by atoms with van der Waals surface area (Å²) in [4.78, 5) is 4.58. The molecule has 1 aromatic rings. The first-order valence-electron chi connectivity index (χ1n) is 7.33. The van der Waals surface area contributed by atoms with Gasteiger partial charge < -0.3 is 10.2 Å². The Morgan fingerprint density at radius 3 is 2.62 bits per heavy atom. The van der Waals surface area contributed by atoms with Gasteiger partial charge in [0.15, 0.2) is 5.11 Å². The van der Waals surface area contributed by atoms with Crippen LogP contribution in [0.25, 0.3) is 0 Å². The van der Waals surface area contributed by atoms with E-state index in [1.165, 1.54) is 18.9 Å². The Kier molecular flexibility index (Phi) is 4.62. The van der Waals surface area contributed by atoms with Crippen LogP contribution < -0.4 is 5.32 Å². The highest BCUT2D eigenvalue weighted by molar-refractivity contribution is 7.80. The van der Waals surface area contributed by atoms with Crippen LogP contribution in [-0.4, -0.2) is 47.1 Å². The maximum absolute atomic E-state index is 13.2. The third kappa shape index (κ3) is 4.05. The molecule has 1 aliphatic carbocycles. The summed E-state index contributed by atoms with van der Waals surface area (Å²) in [7, 11) is 0. The van der Waals surface area contributed by atoms with Crippen LogP contribution in [0.5, 0.6) is 0 Å². The lowest BCUT2D eigenvalue weighted by Gasteiger charge is -2.36. The number of piperazine rings is 1. The zero-order valence-corrected chi connectivity index (χ0v) is 13.4. The molecule has 21 heavy (non-hydrogen) atoms. The molecule has 0 unspecified atom stereocenters. The number of halogens is 2. The van der Waals surface area contributed by atoms with E-state index in [2.05, 4.69) is 15.1 Å². The Morgan fingerprint density at radius 2 is 2.00 bits per heavy atom. The topological polar surface area (TPSA) is 18.5 Å². The van der Waals surface area contributed by atoms with Crippen LogP contribution in [0.4, 0.5) is 4.39 Å². The van der Waals surface area contributed by atoms with Gasteiger partial charge in [-0.15, -0.1) is 0 Å². The van der Waals surface area contributed by atoms with Crippen LogP contribution in [0.1, 0.15) is 18.4 Å². The minimum Gasteiger partial charge on any atom is -0.360 e. The summed E-state index contributed by atoms with van der Waals surface area (Å²) in [6.45, 7) is 4.60. The first-order chi connectivity index (χ1) is 10.1.